The van der Waals surface area contributed by atoms with Gasteiger partial charge in [0.05, 0.1) is 11.2 Å². The average Bonchev–Trinajstić information content (AvgIpc) is 2.97. The average molecular weight is 292 g/mol. The number of nitrogens with one attached hydrogen (secondary N) is 2. The molecule has 3 rings (SSSR count). The predicted molar refractivity (Wildman–Crippen MR) is 80.7 cm³/mol. The molecule has 0 saturated carbocycles. The monoisotopic (exact) mass is 291 g/mol. The van der Waals surface area contributed by atoms with Crippen LogP contribution in [0.15, 0.2) is 29.9 Å². The summed E-state index contributed by atoms with van der Waals surface area (Å²) >= 11 is 7.67. The van der Waals surface area contributed by atoms with Crippen LogP contribution in [0.1, 0.15) is 16.1 Å². The van der Waals surface area contributed by atoms with Crippen LogP contribution < -0.4 is 5.32 Å². The second-order valence-electron chi connectivity index (χ2n) is 4.47. The van der Waals surface area contributed by atoms with Gasteiger partial charge in [0.15, 0.2) is 0 Å². The zero-order valence-electron chi connectivity index (χ0n) is 10.5. The van der Waals surface area contributed by atoms with Crippen molar-refractivity contribution in [2.75, 3.05) is 0 Å². The second-order valence-corrected chi connectivity index (χ2v) is 5.84. The molecule has 0 atom stereocenters. The van der Waals surface area contributed by atoms with Crippen LogP contribution in [0.5, 0.6) is 0 Å². The first kappa shape index (κ1) is 12.7. The van der Waals surface area contributed by atoms with Gasteiger partial charge in [-0.15, -0.1) is 11.3 Å². The molecule has 2 N–H and O–H groups in total. The van der Waals surface area contributed by atoms with Crippen molar-refractivity contribution in [1.29, 1.82) is 0 Å². The molecule has 0 saturated heterocycles. The van der Waals surface area contributed by atoms with Gasteiger partial charge in [0.2, 0.25) is 0 Å². The molecule has 0 aliphatic rings. The first-order valence-electron chi connectivity index (χ1n) is 6.09. The first-order chi connectivity index (χ1) is 9.24. The minimum absolute atomic E-state index is 0.758. The van der Waals surface area contributed by atoms with E-state index in [0.717, 1.165) is 29.3 Å². The van der Waals surface area contributed by atoms with E-state index in [9.17, 15) is 0 Å². The van der Waals surface area contributed by atoms with Gasteiger partial charge in [-0.1, -0.05) is 17.7 Å². The fraction of sp³-hybridized carbons (Fsp3) is 0.214. The van der Waals surface area contributed by atoms with E-state index >= 15 is 0 Å². The third-order valence-electron chi connectivity index (χ3n) is 3.18. The minimum Gasteiger partial charge on any atom is -0.361 e. The van der Waals surface area contributed by atoms with Crippen molar-refractivity contribution in [3.05, 3.63) is 51.1 Å². The molecule has 3 nitrogen and oxygen atoms in total. The summed E-state index contributed by atoms with van der Waals surface area (Å²) in [5.74, 6) is 0. The molecule has 0 aliphatic carbocycles. The zero-order valence-corrected chi connectivity index (χ0v) is 12.1. The molecule has 2 heterocycles. The van der Waals surface area contributed by atoms with Crippen LogP contribution in [-0.2, 0) is 13.1 Å². The molecule has 0 bridgehead atoms. The van der Waals surface area contributed by atoms with Crippen LogP contribution in [-0.4, -0.2) is 9.97 Å². The maximum Gasteiger partial charge on any atom is 0.0798 e. The van der Waals surface area contributed by atoms with E-state index in [2.05, 4.69) is 21.4 Å². The summed E-state index contributed by atoms with van der Waals surface area (Å²) in [4.78, 5) is 8.79. The number of aromatic amines is 1. The number of rotatable bonds is 4. The lowest BCUT2D eigenvalue weighted by Gasteiger charge is -2.03. The standard InChI is InChI=1S/C14H14ClN3S/c1-9-14(19-8-18-9)7-16-5-10-6-17-13-4-11(15)2-3-12(10)13/h2-4,6,8,16-17H,5,7H2,1H3. The molecule has 0 fully saturated rings. The van der Waals surface area contributed by atoms with Crippen molar-refractivity contribution >= 4 is 33.8 Å². The maximum atomic E-state index is 5.98. The molecule has 0 amide bonds. The lowest BCUT2D eigenvalue weighted by atomic mass is 10.2. The normalized spacial score (nSPS) is 11.3. The predicted octanol–water partition coefficient (Wildman–Crippen LogP) is 3.88. The van der Waals surface area contributed by atoms with Crippen LogP contribution in [0.4, 0.5) is 0 Å². The lowest BCUT2D eigenvalue weighted by Crippen LogP contribution is -2.12. The van der Waals surface area contributed by atoms with Gasteiger partial charge in [-0.3, -0.25) is 0 Å². The number of aryl methyl sites for hydroxylation is 1. The third kappa shape index (κ3) is 2.66. The molecule has 2 aromatic heterocycles. The number of hydrogen-bond donors (Lipinski definition) is 2. The Morgan fingerprint density at radius 2 is 2.26 bits per heavy atom. The van der Waals surface area contributed by atoms with Gasteiger partial charge in [0, 0.05) is 40.1 Å². The Hall–Kier alpha value is -1.36. The summed E-state index contributed by atoms with van der Waals surface area (Å²) in [5, 5.41) is 5.43. The largest absolute Gasteiger partial charge is 0.361 e. The third-order valence-corrected chi connectivity index (χ3v) is 4.35. The van der Waals surface area contributed by atoms with Crippen molar-refractivity contribution in [3.63, 3.8) is 0 Å². The minimum atomic E-state index is 0.758. The quantitative estimate of drug-likeness (QED) is 0.766. The second kappa shape index (κ2) is 5.33. The van der Waals surface area contributed by atoms with Gasteiger partial charge in [0.25, 0.3) is 0 Å². The van der Waals surface area contributed by atoms with Crippen LogP contribution in [0.2, 0.25) is 5.02 Å². The van der Waals surface area contributed by atoms with Gasteiger partial charge in [-0.2, -0.15) is 0 Å². The number of thiazole rings is 1. The highest BCUT2D eigenvalue weighted by atomic mass is 35.5. The lowest BCUT2D eigenvalue weighted by molar-refractivity contribution is 0.700. The summed E-state index contributed by atoms with van der Waals surface area (Å²) in [5.41, 5.74) is 5.34. The highest BCUT2D eigenvalue weighted by Crippen LogP contribution is 2.22. The van der Waals surface area contributed by atoms with Crippen LogP contribution in [0, 0.1) is 6.92 Å². The van der Waals surface area contributed by atoms with E-state index in [4.69, 9.17) is 11.6 Å². The zero-order chi connectivity index (χ0) is 13.2. The molecular weight excluding hydrogens is 278 g/mol. The Balaban J connectivity index is 1.70. The topological polar surface area (TPSA) is 40.7 Å². The van der Waals surface area contributed by atoms with E-state index < -0.39 is 0 Å². The number of halogens is 1. The van der Waals surface area contributed by atoms with Crippen LogP contribution >= 0.6 is 22.9 Å². The van der Waals surface area contributed by atoms with Crippen molar-refractivity contribution in [1.82, 2.24) is 15.3 Å². The molecule has 1 aromatic carbocycles. The SMILES string of the molecule is Cc1ncsc1CNCc1c[nH]c2cc(Cl)ccc12. The molecule has 19 heavy (non-hydrogen) atoms. The van der Waals surface area contributed by atoms with Gasteiger partial charge in [-0.05, 0) is 24.6 Å². The number of nitrogens with zero attached hydrogens (tertiary/aromatic N) is 1. The van der Waals surface area contributed by atoms with Gasteiger partial charge < -0.3 is 10.3 Å². The maximum absolute atomic E-state index is 5.98. The molecule has 0 unspecified atom stereocenters. The Labute approximate surface area is 120 Å². The Morgan fingerprint density at radius 3 is 3.05 bits per heavy atom. The Bertz CT molecular complexity index is 702. The first-order valence-corrected chi connectivity index (χ1v) is 7.35. The van der Waals surface area contributed by atoms with Crippen molar-refractivity contribution in [2.45, 2.75) is 20.0 Å². The summed E-state index contributed by atoms with van der Waals surface area (Å²) in [6.07, 6.45) is 2.04. The highest BCUT2D eigenvalue weighted by molar-refractivity contribution is 7.09. The highest BCUT2D eigenvalue weighted by Gasteiger charge is 2.05. The van der Waals surface area contributed by atoms with E-state index in [0.29, 0.717) is 0 Å². The summed E-state index contributed by atoms with van der Waals surface area (Å²) in [6, 6.07) is 5.94. The summed E-state index contributed by atoms with van der Waals surface area (Å²) in [7, 11) is 0. The van der Waals surface area contributed by atoms with Gasteiger partial charge in [0.1, 0.15) is 0 Å². The molecule has 0 radical (unpaired) electrons. The molecule has 0 spiro atoms. The van der Waals surface area contributed by atoms with E-state index in [-0.39, 0.29) is 0 Å². The Morgan fingerprint density at radius 1 is 1.37 bits per heavy atom. The van der Waals surface area contributed by atoms with Crippen LogP contribution in [0.25, 0.3) is 10.9 Å². The number of hydrogen-bond acceptors (Lipinski definition) is 3. The van der Waals surface area contributed by atoms with Crippen molar-refractivity contribution < 1.29 is 0 Å². The number of fused-ring (bicyclic) bond motifs is 1. The Kier molecular flexibility index (Phi) is 3.55. The molecular formula is C14H14ClN3S. The number of benzene rings is 1. The number of H-pyrrole nitrogens is 1. The fourth-order valence-corrected chi connectivity index (χ4v) is 3.03. The van der Waals surface area contributed by atoms with Crippen LogP contribution in [0.3, 0.4) is 0 Å². The number of aromatic nitrogens is 2. The summed E-state index contributed by atoms with van der Waals surface area (Å²) < 4.78 is 0. The molecule has 5 heteroatoms. The summed E-state index contributed by atoms with van der Waals surface area (Å²) in [6.45, 7) is 3.73. The van der Waals surface area contributed by atoms with E-state index in [1.54, 1.807) is 11.3 Å². The van der Waals surface area contributed by atoms with E-state index in [1.807, 2.05) is 30.8 Å². The molecule has 98 valence electrons. The van der Waals surface area contributed by atoms with Crippen molar-refractivity contribution in [3.8, 4) is 0 Å². The van der Waals surface area contributed by atoms with Gasteiger partial charge >= 0.3 is 0 Å². The molecule has 3 aromatic rings. The van der Waals surface area contributed by atoms with E-state index in [1.165, 1.54) is 15.8 Å². The van der Waals surface area contributed by atoms with Crippen molar-refractivity contribution in [2.24, 2.45) is 0 Å². The smallest absolute Gasteiger partial charge is 0.0798 e. The fourth-order valence-electron chi connectivity index (χ4n) is 2.11. The molecule has 0 aliphatic heterocycles. The van der Waals surface area contributed by atoms with Gasteiger partial charge in [-0.25, -0.2) is 4.98 Å².